The van der Waals surface area contributed by atoms with Gasteiger partial charge in [-0.15, -0.1) is 0 Å². The molecule has 1 aliphatic rings. The molecule has 5 rings (SSSR count). The van der Waals surface area contributed by atoms with Crippen molar-refractivity contribution in [1.29, 1.82) is 0 Å². The van der Waals surface area contributed by atoms with Crippen molar-refractivity contribution in [1.82, 2.24) is 20.4 Å². The number of alkyl halides is 3. The van der Waals surface area contributed by atoms with E-state index in [9.17, 15) is 31.9 Å². The van der Waals surface area contributed by atoms with Crippen molar-refractivity contribution in [3.8, 4) is 5.69 Å². The number of nitrogens with zero attached hydrogens (tertiary/aromatic N) is 3. The highest BCUT2D eigenvalue weighted by Crippen LogP contribution is 2.43. The predicted molar refractivity (Wildman–Crippen MR) is 145 cm³/mol. The second kappa shape index (κ2) is 11.1. The molecule has 216 valence electrons. The van der Waals surface area contributed by atoms with Gasteiger partial charge in [0.25, 0.3) is 11.8 Å². The minimum absolute atomic E-state index is 0.273. The molecule has 2 unspecified atom stereocenters. The van der Waals surface area contributed by atoms with E-state index in [1.165, 1.54) is 42.2 Å². The van der Waals surface area contributed by atoms with Crippen LogP contribution >= 0.6 is 0 Å². The average Bonchev–Trinajstić information content (AvgIpc) is 3.30. The van der Waals surface area contributed by atoms with Crippen LogP contribution in [0.4, 0.5) is 23.4 Å². The Bertz CT molecular complexity index is 1650. The van der Waals surface area contributed by atoms with Gasteiger partial charge in [-0.3, -0.25) is 19.3 Å². The number of carbonyl (C=O) groups is 3. The van der Waals surface area contributed by atoms with Crippen molar-refractivity contribution < 1.29 is 31.9 Å². The minimum Gasteiger partial charge on any atom is -0.339 e. The SMILES string of the molecule is CC(=O)NCN1C(=O)C(NC(=O)c2cccc(C(F)(F)F)c2)C(c2ccc(F)cc2)c2c(C)nn(-c3ccccc3)c21. The fourth-order valence-corrected chi connectivity index (χ4v) is 5.06. The maximum absolute atomic E-state index is 14.2. The van der Waals surface area contributed by atoms with Crippen molar-refractivity contribution in [2.75, 3.05) is 11.6 Å². The summed E-state index contributed by atoms with van der Waals surface area (Å²) in [5.41, 5.74) is 0.773. The van der Waals surface area contributed by atoms with Crippen LogP contribution in [0.2, 0.25) is 0 Å². The smallest absolute Gasteiger partial charge is 0.339 e. The number of fused-ring (bicyclic) bond motifs is 1. The van der Waals surface area contributed by atoms with Crippen LogP contribution in [0.25, 0.3) is 5.69 Å². The number of benzene rings is 3. The zero-order valence-electron chi connectivity index (χ0n) is 22.4. The van der Waals surface area contributed by atoms with Crippen molar-refractivity contribution in [2.24, 2.45) is 0 Å². The standard InChI is InChI=1S/C30H25F4N5O3/c1-17-24-25(19-11-13-22(31)14-12-19)26(36-27(41)20-7-6-8-21(15-20)30(32,33)34)29(42)38(16-35-18(2)40)28(24)39(37-17)23-9-4-3-5-10-23/h3-15,25-26H,16H2,1-2H3,(H,35,40)(H,36,41). The molecule has 4 aromatic rings. The Morgan fingerprint density at radius 1 is 0.976 bits per heavy atom. The summed E-state index contributed by atoms with van der Waals surface area (Å²) in [4.78, 5) is 40.7. The summed E-state index contributed by atoms with van der Waals surface area (Å²) in [5.74, 6) is -3.07. The van der Waals surface area contributed by atoms with E-state index in [4.69, 9.17) is 0 Å². The van der Waals surface area contributed by atoms with Gasteiger partial charge in [0, 0.05) is 24.0 Å². The largest absolute Gasteiger partial charge is 0.416 e. The van der Waals surface area contributed by atoms with Crippen molar-refractivity contribution >= 4 is 23.5 Å². The van der Waals surface area contributed by atoms with Crippen molar-refractivity contribution in [3.63, 3.8) is 0 Å². The number of rotatable bonds is 6. The molecule has 3 aromatic carbocycles. The molecular weight excluding hydrogens is 554 g/mol. The Kier molecular flexibility index (Phi) is 7.55. The zero-order valence-corrected chi connectivity index (χ0v) is 22.4. The number of anilines is 1. The Balaban J connectivity index is 1.67. The highest BCUT2D eigenvalue weighted by atomic mass is 19.4. The Hall–Kier alpha value is -5.00. The van der Waals surface area contributed by atoms with Gasteiger partial charge in [-0.05, 0) is 55.0 Å². The quantitative estimate of drug-likeness (QED) is 0.324. The first-order chi connectivity index (χ1) is 20.0. The second-order valence-electron chi connectivity index (χ2n) is 9.79. The van der Waals surface area contributed by atoms with Crippen molar-refractivity contribution in [2.45, 2.75) is 32.0 Å². The molecule has 2 N–H and O–H groups in total. The number of hydrogen-bond donors (Lipinski definition) is 2. The molecule has 2 atom stereocenters. The number of nitrogens with one attached hydrogen (secondary N) is 2. The third-order valence-electron chi connectivity index (χ3n) is 6.97. The number of aromatic nitrogens is 2. The molecule has 8 nitrogen and oxygen atoms in total. The topological polar surface area (TPSA) is 96.3 Å². The Labute approximate surface area is 237 Å². The first-order valence-corrected chi connectivity index (χ1v) is 12.9. The van der Waals surface area contributed by atoms with Crippen LogP contribution in [0.1, 0.15) is 45.6 Å². The molecule has 3 amide bonds. The van der Waals surface area contributed by atoms with E-state index in [1.807, 2.05) is 6.07 Å². The Morgan fingerprint density at radius 3 is 2.31 bits per heavy atom. The average molecular weight is 580 g/mol. The molecule has 2 heterocycles. The van der Waals surface area contributed by atoms with Crippen LogP contribution < -0.4 is 15.5 Å². The van der Waals surface area contributed by atoms with Crippen LogP contribution in [0.3, 0.4) is 0 Å². The summed E-state index contributed by atoms with van der Waals surface area (Å²) in [5, 5.41) is 9.90. The number of amides is 3. The second-order valence-corrected chi connectivity index (χ2v) is 9.79. The van der Waals surface area contributed by atoms with Gasteiger partial charge in [-0.1, -0.05) is 36.4 Å². The van der Waals surface area contributed by atoms with Crippen molar-refractivity contribution in [3.05, 3.63) is 113 Å². The number of hydrogen-bond acceptors (Lipinski definition) is 4. The summed E-state index contributed by atoms with van der Waals surface area (Å²) in [6.07, 6.45) is -4.68. The molecule has 0 spiro atoms. The summed E-state index contributed by atoms with van der Waals surface area (Å²) in [6, 6.07) is 16.8. The lowest BCUT2D eigenvalue weighted by atomic mass is 9.81. The van der Waals surface area contributed by atoms with Crippen LogP contribution in [0.5, 0.6) is 0 Å². The zero-order chi connectivity index (χ0) is 30.2. The van der Waals surface area contributed by atoms with Gasteiger partial charge in [0.1, 0.15) is 17.7 Å². The third-order valence-corrected chi connectivity index (χ3v) is 6.97. The van der Waals surface area contributed by atoms with Gasteiger partial charge < -0.3 is 10.6 Å². The molecule has 0 saturated carbocycles. The van der Waals surface area contributed by atoms with E-state index in [0.717, 1.165) is 12.1 Å². The van der Waals surface area contributed by atoms with Gasteiger partial charge in [0.05, 0.1) is 23.6 Å². The van der Waals surface area contributed by atoms with Crippen LogP contribution in [-0.2, 0) is 15.8 Å². The van der Waals surface area contributed by atoms with E-state index < -0.39 is 47.2 Å². The molecular formula is C30H25F4N5O3. The lowest BCUT2D eigenvalue weighted by molar-refractivity contribution is -0.137. The summed E-state index contributed by atoms with van der Waals surface area (Å²) < 4.78 is 55.5. The highest BCUT2D eigenvalue weighted by molar-refractivity contribution is 6.05. The lowest BCUT2D eigenvalue weighted by Gasteiger charge is -2.38. The van der Waals surface area contributed by atoms with Crippen LogP contribution in [0.15, 0.2) is 78.9 Å². The van der Waals surface area contributed by atoms with Crippen LogP contribution in [0, 0.1) is 12.7 Å². The minimum atomic E-state index is -4.68. The molecule has 1 aliphatic heterocycles. The molecule has 1 aromatic heterocycles. The third kappa shape index (κ3) is 5.47. The Morgan fingerprint density at radius 2 is 1.67 bits per heavy atom. The molecule has 0 aliphatic carbocycles. The molecule has 0 saturated heterocycles. The van der Waals surface area contributed by atoms with E-state index >= 15 is 0 Å². The summed E-state index contributed by atoms with van der Waals surface area (Å²) >= 11 is 0. The lowest BCUT2D eigenvalue weighted by Crippen LogP contribution is -2.57. The van der Waals surface area contributed by atoms with Gasteiger partial charge in [0.2, 0.25) is 5.91 Å². The van der Waals surface area contributed by atoms with Gasteiger partial charge >= 0.3 is 6.18 Å². The monoisotopic (exact) mass is 579 g/mol. The first kappa shape index (κ1) is 28.5. The first-order valence-electron chi connectivity index (χ1n) is 12.9. The van der Waals surface area contributed by atoms with Crippen LogP contribution in [-0.4, -0.2) is 40.2 Å². The van der Waals surface area contributed by atoms with E-state index in [0.29, 0.717) is 34.4 Å². The number of halogens is 4. The molecule has 0 bridgehead atoms. The number of para-hydroxylation sites is 1. The van der Waals surface area contributed by atoms with Gasteiger partial charge in [-0.25, -0.2) is 9.07 Å². The summed E-state index contributed by atoms with van der Waals surface area (Å²) in [7, 11) is 0. The fourth-order valence-electron chi connectivity index (χ4n) is 5.06. The van der Waals surface area contributed by atoms with Gasteiger partial charge in [0.15, 0.2) is 0 Å². The van der Waals surface area contributed by atoms with E-state index in [-0.39, 0.29) is 12.2 Å². The molecule has 0 fully saturated rings. The molecule has 0 radical (unpaired) electrons. The maximum atomic E-state index is 14.2. The summed E-state index contributed by atoms with van der Waals surface area (Å²) in [6.45, 7) is 2.72. The molecule has 12 heteroatoms. The highest BCUT2D eigenvalue weighted by Gasteiger charge is 2.46. The van der Waals surface area contributed by atoms with E-state index in [2.05, 4.69) is 15.7 Å². The predicted octanol–water partition coefficient (Wildman–Crippen LogP) is 4.71. The molecule has 42 heavy (non-hydrogen) atoms. The normalized spacial score (nSPS) is 16.6. The fraction of sp³-hybridized carbons (Fsp3) is 0.200. The van der Waals surface area contributed by atoms with E-state index in [1.54, 1.807) is 35.9 Å². The number of aryl methyl sites for hydroxylation is 1. The number of carbonyl (C=O) groups excluding carboxylic acids is 3. The van der Waals surface area contributed by atoms with Gasteiger partial charge in [-0.2, -0.15) is 18.3 Å². The maximum Gasteiger partial charge on any atom is 0.416 e.